The van der Waals surface area contributed by atoms with Gasteiger partial charge in [0.25, 0.3) is 0 Å². The van der Waals surface area contributed by atoms with Crippen molar-refractivity contribution in [3.05, 3.63) is 60.0 Å². The Labute approximate surface area is 143 Å². The summed E-state index contributed by atoms with van der Waals surface area (Å²) in [6, 6.07) is 4.01. The van der Waals surface area contributed by atoms with Crippen LogP contribution in [0.5, 0.6) is 0 Å². The van der Waals surface area contributed by atoms with Crippen molar-refractivity contribution in [2.45, 2.75) is 33.3 Å². The first kappa shape index (κ1) is 17.9. The number of pyridine rings is 2. The SMILES string of the molecule is C=C(/C=C(C)\C(=C/C)c1cnc2cc(NC)ncc2c1)C(O)CC. The van der Waals surface area contributed by atoms with Crippen LogP contribution in [0, 0.1) is 0 Å². The van der Waals surface area contributed by atoms with Crippen LogP contribution >= 0.6 is 0 Å². The Morgan fingerprint density at radius 1 is 1.33 bits per heavy atom. The van der Waals surface area contributed by atoms with Crippen LogP contribution in [0.1, 0.15) is 32.8 Å². The maximum Gasteiger partial charge on any atom is 0.127 e. The molecule has 0 saturated carbocycles. The molecule has 2 heterocycles. The number of hydrogen-bond acceptors (Lipinski definition) is 4. The number of nitrogens with one attached hydrogen (secondary N) is 1. The average Bonchev–Trinajstić information content (AvgIpc) is 2.60. The van der Waals surface area contributed by atoms with Crippen LogP contribution in [-0.4, -0.2) is 28.2 Å². The van der Waals surface area contributed by atoms with Crippen molar-refractivity contribution < 1.29 is 5.11 Å². The molecular weight excluding hydrogens is 298 g/mol. The number of fused-ring (bicyclic) bond motifs is 1. The number of nitrogens with zero attached hydrogens (tertiary/aromatic N) is 2. The van der Waals surface area contributed by atoms with Crippen molar-refractivity contribution in [2.75, 3.05) is 12.4 Å². The van der Waals surface area contributed by atoms with Gasteiger partial charge in [-0.05, 0) is 43.1 Å². The van der Waals surface area contributed by atoms with E-state index in [0.29, 0.717) is 6.42 Å². The first-order valence-corrected chi connectivity index (χ1v) is 8.15. The quantitative estimate of drug-likeness (QED) is 0.776. The topological polar surface area (TPSA) is 58.0 Å². The van der Waals surface area contributed by atoms with Crippen LogP contribution in [0.3, 0.4) is 0 Å². The molecule has 0 spiro atoms. The lowest BCUT2D eigenvalue weighted by Crippen LogP contribution is -2.06. The Kier molecular flexibility index (Phi) is 5.88. The van der Waals surface area contributed by atoms with Crippen molar-refractivity contribution in [3.63, 3.8) is 0 Å². The highest BCUT2D eigenvalue weighted by Crippen LogP contribution is 2.26. The summed E-state index contributed by atoms with van der Waals surface area (Å²) >= 11 is 0. The fourth-order valence-corrected chi connectivity index (χ4v) is 2.64. The van der Waals surface area contributed by atoms with E-state index in [1.165, 1.54) is 0 Å². The maximum absolute atomic E-state index is 9.90. The minimum atomic E-state index is -0.503. The van der Waals surface area contributed by atoms with Crippen molar-refractivity contribution in [1.29, 1.82) is 0 Å². The molecule has 0 aliphatic heterocycles. The van der Waals surface area contributed by atoms with E-state index in [2.05, 4.69) is 34.0 Å². The van der Waals surface area contributed by atoms with Crippen LogP contribution in [0.2, 0.25) is 0 Å². The molecule has 0 radical (unpaired) electrons. The van der Waals surface area contributed by atoms with Gasteiger partial charge in [0.15, 0.2) is 0 Å². The summed E-state index contributed by atoms with van der Waals surface area (Å²) in [5.74, 6) is 0.801. The number of allylic oxidation sites excluding steroid dienone is 3. The Hall–Kier alpha value is -2.46. The fraction of sp³-hybridized carbons (Fsp3) is 0.300. The van der Waals surface area contributed by atoms with Crippen LogP contribution in [-0.2, 0) is 0 Å². The summed E-state index contributed by atoms with van der Waals surface area (Å²) in [6.45, 7) is 9.92. The molecule has 1 atom stereocenters. The van der Waals surface area contributed by atoms with Gasteiger partial charge in [-0.25, -0.2) is 4.98 Å². The summed E-state index contributed by atoms with van der Waals surface area (Å²) in [5, 5.41) is 13.9. The minimum Gasteiger partial charge on any atom is -0.388 e. The molecule has 0 fully saturated rings. The van der Waals surface area contributed by atoms with E-state index < -0.39 is 6.10 Å². The van der Waals surface area contributed by atoms with Crippen LogP contribution in [0.4, 0.5) is 5.82 Å². The van der Waals surface area contributed by atoms with Gasteiger partial charge in [0.1, 0.15) is 5.82 Å². The lowest BCUT2D eigenvalue weighted by molar-refractivity contribution is 0.211. The number of aliphatic hydroxyl groups excluding tert-OH is 1. The lowest BCUT2D eigenvalue weighted by Gasteiger charge is -2.12. The van der Waals surface area contributed by atoms with Crippen LogP contribution in [0.25, 0.3) is 16.5 Å². The summed E-state index contributed by atoms with van der Waals surface area (Å²) in [4.78, 5) is 8.90. The molecule has 0 aliphatic carbocycles. The van der Waals surface area contributed by atoms with Crippen molar-refractivity contribution >= 4 is 22.3 Å². The van der Waals surface area contributed by atoms with E-state index in [9.17, 15) is 5.11 Å². The van der Waals surface area contributed by atoms with Crippen LogP contribution < -0.4 is 5.32 Å². The molecule has 2 aromatic heterocycles. The van der Waals surface area contributed by atoms with Crippen molar-refractivity contribution in [3.8, 4) is 0 Å². The molecule has 0 saturated heterocycles. The molecule has 4 nitrogen and oxygen atoms in total. The van der Waals surface area contributed by atoms with Gasteiger partial charge in [-0.15, -0.1) is 0 Å². The molecule has 0 amide bonds. The number of aromatic nitrogens is 2. The maximum atomic E-state index is 9.90. The van der Waals surface area contributed by atoms with Gasteiger partial charge in [0.05, 0.1) is 11.6 Å². The Morgan fingerprint density at radius 2 is 2.08 bits per heavy atom. The highest BCUT2D eigenvalue weighted by molar-refractivity contribution is 5.87. The first-order chi connectivity index (χ1) is 11.5. The van der Waals surface area contributed by atoms with E-state index in [1.807, 2.05) is 52.4 Å². The Bertz CT molecular complexity index is 806. The van der Waals surface area contributed by atoms with Gasteiger partial charge in [0, 0.05) is 36.5 Å². The number of anilines is 1. The van der Waals surface area contributed by atoms with Crippen LogP contribution in [0.15, 0.2) is 54.4 Å². The number of hydrogen-bond donors (Lipinski definition) is 2. The van der Waals surface area contributed by atoms with Gasteiger partial charge >= 0.3 is 0 Å². The van der Waals surface area contributed by atoms with Gasteiger partial charge in [-0.1, -0.05) is 25.7 Å². The third-order valence-electron chi connectivity index (χ3n) is 4.06. The summed E-state index contributed by atoms with van der Waals surface area (Å²) in [6.07, 6.45) is 7.84. The van der Waals surface area contributed by atoms with Crippen molar-refractivity contribution in [1.82, 2.24) is 9.97 Å². The Balaban J connectivity index is 2.39. The molecule has 2 N–H and O–H groups in total. The van der Waals surface area contributed by atoms with Gasteiger partial charge in [-0.2, -0.15) is 0 Å². The van der Waals surface area contributed by atoms with E-state index >= 15 is 0 Å². The zero-order valence-electron chi connectivity index (χ0n) is 14.8. The third-order valence-corrected chi connectivity index (χ3v) is 4.06. The Morgan fingerprint density at radius 3 is 2.71 bits per heavy atom. The monoisotopic (exact) mass is 323 g/mol. The molecule has 2 aromatic rings. The second kappa shape index (κ2) is 7.88. The molecule has 0 aliphatic rings. The predicted molar refractivity (Wildman–Crippen MR) is 102 cm³/mol. The first-order valence-electron chi connectivity index (χ1n) is 8.15. The van der Waals surface area contributed by atoms with Gasteiger partial charge < -0.3 is 10.4 Å². The van der Waals surface area contributed by atoms with Crippen molar-refractivity contribution in [2.24, 2.45) is 0 Å². The van der Waals surface area contributed by atoms with E-state index in [0.717, 1.165) is 39.0 Å². The zero-order valence-corrected chi connectivity index (χ0v) is 14.8. The minimum absolute atomic E-state index is 0.503. The summed E-state index contributed by atoms with van der Waals surface area (Å²) in [7, 11) is 1.84. The highest BCUT2D eigenvalue weighted by Gasteiger charge is 2.09. The number of rotatable bonds is 6. The molecule has 1 unspecified atom stereocenters. The van der Waals surface area contributed by atoms with E-state index in [-0.39, 0.29) is 0 Å². The van der Waals surface area contributed by atoms with E-state index in [4.69, 9.17) is 0 Å². The normalized spacial score (nSPS) is 13.9. The third kappa shape index (κ3) is 3.89. The van der Waals surface area contributed by atoms with Gasteiger partial charge in [-0.3, -0.25) is 4.98 Å². The molecular formula is C20H25N3O. The fourth-order valence-electron chi connectivity index (χ4n) is 2.64. The van der Waals surface area contributed by atoms with E-state index in [1.54, 1.807) is 0 Å². The van der Waals surface area contributed by atoms with Gasteiger partial charge in [0.2, 0.25) is 0 Å². The average molecular weight is 323 g/mol. The smallest absolute Gasteiger partial charge is 0.127 e. The second-order valence-electron chi connectivity index (χ2n) is 5.76. The summed E-state index contributed by atoms with van der Waals surface area (Å²) < 4.78 is 0. The zero-order chi connectivity index (χ0) is 17.7. The molecule has 24 heavy (non-hydrogen) atoms. The molecule has 0 aromatic carbocycles. The second-order valence-corrected chi connectivity index (χ2v) is 5.76. The molecule has 0 bridgehead atoms. The lowest BCUT2D eigenvalue weighted by atomic mass is 9.96. The summed E-state index contributed by atoms with van der Waals surface area (Å²) in [5.41, 5.74) is 4.78. The molecule has 4 heteroatoms. The largest absolute Gasteiger partial charge is 0.388 e. The highest BCUT2D eigenvalue weighted by atomic mass is 16.3. The predicted octanol–water partition coefficient (Wildman–Crippen LogP) is 4.35. The number of aliphatic hydroxyl groups is 1. The molecule has 2 rings (SSSR count). The molecule has 126 valence electrons. The standard InChI is InChI=1S/C20H25N3O/c1-6-17(13(3)8-14(4)19(24)7-2)15-9-16-12-23-20(21-5)10-18(16)22-11-15/h6,8-12,19,24H,4,7H2,1-3,5H3,(H,21,23)/b13-8-,17-6+.